The zero-order chi connectivity index (χ0) is 47.0. The lowest BCUT2D eigenvalue weighted by Crippen LogP contribution is -2.40. The molecule has 0 aromatic carbocycles. The first-order valence-corrected chi connectivity index (χ1v) is 26.7. The number of rotatable bonds is 49. The van der Waals surface area contributed by atoms with Crippen LogP contribution in [0.2, 0.25) is 0 Å². The first-order chi connectivity index (χ1) is 31.1. The lowest BCUT2D eigenvalue weighted by molar-refractivity contribution is -0.870. The van der Waals surface area contributed by atoms with Crippen molar-refractivity contribution in [3.8, 4) is 0 Å². The maximum atomic E-state index is 12.8. The molecule has 9 nitrogen and oxygen atoms in total. The fourth-order valence-electron chi connectivity index (χ4n) is 7.49. The smallest absolute Gasteiger partial charge is 0.361 e. The Labute approximate surface area is 394 Å². The van der Waals surface area contributed by atoms with E-state index in [4.69, 9.17) is 18.9 Å². The van der Waals surface area contributed by atoms with Gasteiger partial charge in [0.05, 0.1) is 34.4 Å². The zero-order valence-corrected chi connectivity index (χ0v) is 42.4. The summed E-state index contributed by atoms with van der Waals surface area (Å²) in [6.45, 7) is 4.81. The minimum Gasteiger partial charge on any atom is -0.477 e. The Bertz CT molecular complexity index is 1150. The maximum absolute atomic E-state index is 12.8. The maximum Gasteiger partial charge on any atom is 0.361 e. The predicted molar refractivity (Wildman–Crippen MR) is 267 cm³/mol. The minimum absolute atomic E-state index is 0.179. The summed E-state index contributed by atoms with van der Waals surface area (Å²) < 4.78 is 22.7. The van der Waals surface area contributed by atoms with Crippen LogP contribution in [0.15, 0.2) is 36.5 Å². The monoisotopic (exact) mass is 905 g/mol. The Morgan fingerprint density at radius 2 is 0.844 bits per heavy atom. The third-order valence-corrected chi connectivity index (χ3v) is 11.6. The summed E-state index contributed by atoms with van der Waals surface area (Å²) in [6, 6.07) is 0. The van der Waals surface area contributed by atoms with Gasteiger partial charge in [0.15, 0.2) is 6.10 Å². The molecule has 0 aromatic heterocycles. The van der Waals surface area contributed by atoms with Crippen LogP contribution in [0.1, 0.15) is 239 Å². The van der Waals surface area contributed by atoms with E-state index in [1.807, 2.05) is 21.1 Å². The van der Waals surface area contributed by atoms with Crippen LogP contribution >= 0.6 is 0 Å². The molecule has 0 bridgehead atoms. The second-order valence-corrected chi connectivity index (χ2v) is 19.2. The normalized spacial score (nSPS) is 13.1. The molecule has 2 unspecified atom stereocenters. The van der Waals surface area contributed by atoms with Gasteiger partial charge in [-0.1, -0.05) is 211 Å². The first kappa shape index (κ1) is 61.5. The second kappa shape index (κ2) is 47.0. The van der Waals surface area contributed by atoms with Gasteiger partial charge < -0.3 is 28.5 Å². The number of carbonyl (C=O) groups is 3. The van der Waals surface area contributed by atoms with Crippen LogP contribution in [0.3, 0.4) is 0 Å². The van der Waals surface area contributed by atoms with Crippen LogP contribution in [-0.4, -0.2) is 87.4 Å². The number of hydrogen-bond acceptors (Lipinski definition) is 7. The molecule has 0 heterocycles. The van der Waals surface area contributed by atoms with Gasteiger partial charge in [-0.05, 0) is 51.4 Å². The SMILES string of the molecule is CCCCCCC/C=C\C/C=C\C/C=C\CCCCCCCCCCCCCCCCCCCCC(=O)OC(COC(=O)CCCCCCCC)COC(OCC[N+](C)(C)C)C(=O)O. The van der Waals surface area contributed by atoms with E-state index in [2.05, 4.69) is 50.3 Å². The molecular weight excluding hydrogens is 803 g/mol. The topological polar surface area (TPSA) is 108 Å². The number of nitrogens with zero attached hydrogens (tertiary/aromatic N) is 1. The van der Waals surface area contributed by atoms with E-state index in [1.165, 1.54) is 161 Å². The average Bonchev–Trinajstić information content (AvgIpc) is 3.26. The van der Waals surface area contributed by atoms with Crippen LogP contribution in [0.5, 0.6) is 0 Å². The number of carbonyl (C=O) groups excluding carboxylic acids is 2. The van der Waals surface area contributed by atoms with Crippen molar-refractivity contribution in [2.75, 3.05) is 47.5 Å². The van der Waals surface area contributed by atoms with E-state index >= 15 is 0 Å². The molecule has 0 aliphatic carbocycles. The molecule has 0 aromatic rings. The quantitative estimate of drug-likeness (QED) is 0.0211. The number of unbranched alkanes of at least 4 members (excludes halogenated alkanes) is 28. The Balaban J connectivity index is 3.94. The van der Waals surface area contributed by atoms with E-state index in [0.29, 0.717) is 17.4 Å². The van der Waals surface area contributed by atoms with Crippen molar-refractivity contribution in [2.24, 2.45) is 0 Å². The van der Waals surface area contributed by atoms with Gasteiger partial charge in [-0.25, -0.2) is 4.79 Å². The number of carboxylic acid groups (broad SMARTS) is 1. The van der Waals surface area contributed by atoms with Crippen LogP contribution in [0, 0.1) is 0 Å². The Morgan fingerprint density at radius 3 is 1.25 bits per heavy atom. The lowest BCUT2D eigenvalue weighted by Gasteiger charge is -2.25. The van der Waals surface area contributed by atoms with E-state index in [1.54, 1.807) is 0 Å². The molecule has 0 saturated heterocycles. The third-order valence-electron chi connectivity index (χ3n) is 11.6. The van der Waals surface area contributed by atoms with Crippen molar-refractivity contribution in [2.45, 2.75) is 251 Å². The Hall–Kier alpha value is -2.49. The van der Waals surface area contributed by atoms with Gasteiger partial charge in [-0.15, -0.1) is 0 Å². The summed E-state index contributed by atoms with van der Waals surface area (Å²) in [5.41, 5.74) is 0. The van der Waals surface area contributed by atoms with Gasteiger partial charge in [0.25, 0.3) is 6.29 Å². The van der Waals surface area contributed by atoms with Gasteiger partial charge >= 0.3 is 17.9 Å². The summed E-state index contributed by atoms with van der Waals surface area (Å²) >= 11 is 0. The highest BCUT2D eigenvalue weighted by Crippen LogP contribution is 2.16. The van der Waals surface area contributed by atoms with E-state index in [0.717, 1.165) is 51.4 Å². The largest absolute Gasteiger partial charge is 0.477 e. The fourth-order valence-corrected chi connectivity index (χ4v) is 7.49. The molecule has 0 aliphatic heterocycles. The average molecular weight is 905 g/mol. The van der Waals surface area contributed by atoms with Crippen molar-refractivity contribution >= 4 is 17.9 Å². The number of hydrogen-bond donors (Lipinski definition) is 1. The van der Waals surface area contributed by atoms with Crippen LogP contribution in [-0.2, 0) is 33.3 Å². The summed E-state index contributed by atoms with van der Waals surface area (Å²) in [5, 5.41) is 9.61. The number of likely N-dealkylation sites (N-methyl/N-ethyl adjacent to an activating group) is 1. The van der Waals surface area contributed by atoms with Crippen molar-refractivity contribution in [1.29, 1.82) is 0 Å². The third kappa shape index (κ3) is 47.5. The number of quaternary nitrogens is 1. The number of aliphatic carboxylic acids is 1. The molecule has 1 N–H and O–H groups in total. The second-order valence-electron chi connectivity index (χ2n) is 19.2. The Kier molecular flexibility index (Phi) is 45.2. The van der Waals surface area contributed by atoms with Gasteiger partial charge in [-0.3, -0.25) is 9.59 Å². The number of esters is 2. The highest BCUT2D eigenvalue weighted by molar-refractivity contribution is 5.71. The van der Waals surface area contributed by atoms with E-state index in [9.17, 15) is 19.5 Å². The summed E-state index contributed by atoms with van der Waals surface area (Å²) in [4.78, 5) is 36.9. The first-order valence-electron chi connectivity index (χ1n) is 26.7. The van der Waals surface area contributed by atoms with E-state index in [-0.39, 0.29) is 32.2 Å². The number of ether oxygens (including phenoxy) is 4. The summed E-state index contributed by atoms with van der Waals surface area (Å²) in [6.07, 6.45) is 52.7. The molecule has 0 aliphatic rings. The number of carboxylic acids is 1. The highest BCUT2D eigenvalue weighted by atomic mass is 16.7. The molecule has 0 radical (unpaired) electrons. The summed E-state index contributed by atoms with van der Waals surface area (Å²) in [7, 11) is 5.95. The zero-order valence-electron chi connectivity index (χ0n) is 42.4. The Morgan fingerprint density at radius 1 is 0.469 bits per heavy atom. The molecule has 0 saturated carbocycles. The van der Waals surface area contributed by atoms with Crippen molar-refractivity contribution in [3.05, 3.63) is 36.5 Å². The molecule has 2 atom stereocenters. The molecule has 0 rings (SSSR count). The van der Waals surface area contributed by atoms with Gasteiger partial charge in [-0.2, -0.15) is 0 Å². The van der Waals surface area contributed by atoms with Crippen LogP contribution in [0.25, 0.3) is 0 Å². The van der Waals surface area contributed by atoms with Crippen LogP contribution in [0.4, 0.5) is 0 Å². The molecule has 0 amide bonds. The molecule has 374 valence electrons. The summed E-state index contributed by atoms with van der Waals surface area (Å²) in [5.74, 6) is -2.01. The van der Waals surface area contributed by atoms with E-state index < -0.39 is 24.3 Å². The standard InChI is InChI=1S/C55H101NO8/c1-6-8-10-12-14-15-16-17-18-19-20-21-22-23-24-25-26-27-28-29-30-31-32-33-34-35-36-37-38-39-40-42-44-46-53(58)64-51(49-62-52(57)45-43-41-13-11-9-7-2)50-63-55(54(59)60)61-48-47-56(3,4)5/h16-17,19-20,22-23,51,55H,6-15,18,21,24-50H2,1-5H3/p+1/b17-16-,20-19-,23-22-. The van der Waals surface area contributed by atoms with Crippen molar-refractivity contribution in [3.63, 3.8) is 0 Å². The number of allylic oxidation sites excluding steroid dienone is 6. The van der Waals surface area contributed by atoms with Crippen molar-refractivity contribution < 1.29 is 42.9 Å². The predicted octanol–water partition coefficient (Wildman–Crippen LogP) is 15.0. The molecule has 0 fully saturated rings. The van der Waals surface area contributed by atoms with Gasteiger partial charge in [0, 0.05) is 12.8 Å². The van der Waals surface area contributed by atoms with Gasteiger partial charge in [0.2, 0.25) is 0 Å². The molecular formula is C55H102NO8+. The van der Waals surface area contributed by atoms with Crippen LogP contribution < -0.4 is 0 Å². The molecule has 9 heteroatoms. The van der Waals surface area contributed by atoms with Crippen molar-refractivity contribution in [1.82, 2.24) is 0 Å². The van der Waals surface area contributed by atoms with Gasteiger partial charge in [0.1, 0.15) is 13.2 Å². The fraction of sp³-hybridized carbons (Fsp3) is 0.836. The lowest BCUT2D eigenvalue weighted by atomic mass is 10.0. The molecule has 0 spiro atoms. The highest BCUT2D eigenvalue weighted by Gasteiger charge is 2.25. The minimum atomic E-state index is -1.50. The molecule has 64 heavy (non-hydrogen) atoms.